The minimum atomic E-state index is 0.554. The standard InChI is InChI=1S/C10H20N4/c1-3-7-13-9(5-1)11-14-8-4-2-6-10(14)12-13/h9-12H,1-8H2. The van der Waals surface area contributed by atoms with Crippen LogP contribution in [0.25, 0.3) is 0 Å². The lowest BCUT2D eigenvalue weighted by Gasteiger charge is -2.51. The first-order valence-corrected chi connectivity index (χ1v) is 5.99. The summed E-state index contributed by atoms with van der Waals surface area (Å²) in [6, 6.07) is 0. The maximum absolute atomic E-state index is 3.65. The van der Waals surface area contributed by atoms with Crippen LogP contribution in [0.5, 0.6) is 0 Å². The highest BCUT2D eigenvalue weighted by Crippen LogP contribution is 2.22. The van der Waals surface area contributed by atoms with Crippen LogP contribution in [0.2, 0.25) is 0 Å². The molecule has 0 spiro atoms. The molecule has 2 atom stereocenters. The van der Waals surface area contributed by atoms with Crippen molar-refractivity contribution in [3.05, 3.63) is 0 Å². The zero-order valence-electron chi connectivity index (χ0n) is 8.71. The second kappa shape index (κ2) is 3.77. The van der Waals surface area contributed by atoms with Crippen molar-refractivity contribution in [3.8, 4) is 0 Å². The van der Waals surface area contributed by atoms with Crippen LogP contribution in [-0.4, -0.2) is 35.4 Å². The van der Waals surface area contributed by atoms with Crippen molar-refractivity contribution in [1.29, 1.82) is 0 Å². The van der Waals surface area contributed by atoms with E-state index in [4.69, 9.17) is 0 Å². The molecule has 3 heterocycles. The van der Waals surface area contributed by atoms with Crippen LogP contribution in [0.15, 0.2) is 0 Å². The third-order valence-corrected chi connectivity index (χ3v) is 3.64. The molecule has 0 bridgehead atoms. The molecule has 0 aromatic heterocycles. The number of hydrogen-bond donors (Lipinski definition) is 2. The van der Waals surface area contributed by atoms with Crippen molar-refractivity contribution in [3.63, 3.8) is 0 Å². The molecule has 0 aliphatic carbocycles. The topological polar surface area (TPSA) is 30.5 Å². The summed E-state index contributed by atoms with van der Waals surface area (Å²) in [5.74, 6) is 0. The molecule has 0 aromatic carbocycles. The molecule has 2 N–H and O–H groups in total. The van der Waals surface area contributed by atoms with Gasteiger partial charge in [-0.3, -0.25) is 0 Å². The van der Waals surface area contributed by atoms with E-state index in [1.807, 2.05) is 0 Å². The lowest BCUT2D eigenvalue weighted by Crippen LogP contribution is -2.72. The molecule has 4 nitrogen and oxygen atoms in total. The molecule has 80 valence electrons. The molecule has 0 aromatic rings. The summed E-state index contributed by atoms with van der Waals surface area (Å²) >= 11 is 0. The van der Waals surface area contributed by atoms with Gasteiger partial charge in [-0.25, -0.2) is 20.9 Å². The molecule has 2 unspecified atom stereocenters. The number of fused-ring (bicyclic) bond motifs is 2. The number of hydrogen-bond acceptors (Lipinski definition) is 4. The van der Waals surface area contributed by atoms with Gasteiger partial charge in [0.15, 0.2) is 0 Å². The smallest absolute Gasteiger partial charge is 0.0863 e. The zero-order chi connectivity index (χ0) is 9.38. The quantitative estimate of drug-likeness (QED) is 0.595. The van der Waals surface area contributed by atoms with E-state index in [2.05, 4.69) is 20.9 Å². The Balaban J connectivity index is 1.68. The summed E-state index contributed by atoms with van der Waals surface area (Å²) in [7, 11) is 0. The van der Waals surface area contributed by atoms with Gasteiger partial charge in [0, 0.05) is 13.1 Å². The van der Waals surface area contributed by atoms with Crippen LogP contribution < -0.4 is 10.9 Å². The average Bonchev–Trinajstić information content (AvgIpc) is 2.26. The minimum absolute atomic E-state index is 0.554. The Hall–Kier alpha value is -0.160. The molecule has 14 heavy (non-hydrogen) atoms. The summed E-state index contributed by atoms with van der Waals surface area (Å²) in [6.07, 6.45) is 9.11. The molecule has 0 amide bonds. The Morgan fingerprint density at radius 1 is 0.714 bits per heavy atom. The van der Waals surface area contributed by atoms with Gasteiger partial charge in [0.25, 0.3) is 0 Å². The first kappa shape index (κ1) is 9.09. The lowest BCUT2D eigenvalue weighted by atomic mass is 10.1. The molecule has 3 aliphatic heterocycles. The Kier molecular flexibility index (Phi) is 2.45. The van der Waals surface area contributed by atoms with Gasteiger partial charge in [0.1, 0.15) is 0 Å². The minimum Gasteiger partial charge on any atom is -0.235 e. The van der Waals surface area contributed by atoms with E-state index >= 15 is 0 Å². The summed E-state index contributed by atoms with van der Waals surface area (Å²) in [5.41, 5.74) is 7.31. The van der Waals surface area contributed by atoms with E-state index in [1.54, 1.807) is 0 Å². The third-order valence-electron chi connectivity index (χ3n) is 3.64. The van der Waals surface area contributed by atoms with E-state index < -0.39 is 0 Å². The SMILES string of the molecule is C1CCN2NC3CCCCN3NC2C1. The van der Waals surface area contributed by atoms with Gasteiger partial charge < -0.3 is 0 Å². The lowest BCUT2D eigenvalue weighted by molar-refractivity contribution is -0.117. The van der Waals surface area contributed by atoms with Gasteiger partial charge in [-0.1, -0.05) is 0 Å². The molecular formula is C10H20N4. The third kappa shape index (κ3) is 1.56. The first-order valence-electron chi connectivity index (χ1n) is 5.99. The van der Waals surface area contributed by atoms with E-state index in [9.17, 15) is 0 Å². The van der Waals surface area contributed by atoms with Crippen molar-refractivity contribution in [2.45, 2.75) is 50.9 Å². The first-order chi connectivity index (χ1) is 6.93. The molecule has 3 aliphatic rings. The molecule has 4 heteroatoms. The van der Waals surface area contributed by atoms with E-state index in [0.29, 0.717) is 12.3 Å². The van der Waals surface area contributed by atoms with Gasteiger partial charge >= 0.3 is 0 Å². The summed E-state index contributed by atoms with van der Waals surface area (Å²) in [5, 5.41) is 4.83. The Morgan fingerprint density at radius 3 is 1.71 bits per heavy atom. The monoisotopic (exact) mass is 196 g/mol. The predicted molar refractivity (Wildman–Crippen MR) is 55.0 cm³/mol. The average molecular weight is 196 g/mol. The van der Waals surface area contributed by atoms with Gasteiger partial charge in [0.2, 0.25) is 0 Å². The maximum Gasteiger partial charge on any atom is 0.0863 e. The van der Waals surface area contributed by atoms with Crippen molar-refractivity contribution in [2.24, 2.45) is 0 Å². The molecule has 0 saturated carbocycles. The molecular weight excluding hydrogens is 176 g/mol. The Morgan fingerprint density at radius 2 is 1.21 bits per heavy atom. The number of nitrogens with zero attached hydrogens (tertiary/aromatic N) is 2. The summed E-state index contributed by atoms with van der Waals surface area (Å²) in [6.45, 7) is 2.42. The highest BCUT2D eigenvalue weighted by molar-refractivity contribution is 4.82. The van der Waals surface area contributed by atoms with Crippen molar-refractivity contribution in [1.82, 2.24) is 20.9 Å². The fourth-order valence-corrected chi connectivity index (χ4v) is 2.82. The van der Waals surface area contributed by atoms with Gasteiger partial charge in [-0.2, -0.15) is 0 Å². The number of hydrazine groups is 2. The fraction of sp³-hybridized carbons (Fsp3) is 1.00. The van der Waals surface area contributed by atoms with Gasteiger partial charge in [-0.15, -0.1) is 0 Å². The molecule has 0 radical (unpaired) electrons. The van der Waals surface area contributed by atoms with Crippen LogP contribution in [0.4, 0.5) is 0 Å². The van der Waals surface area contributed by atoms with Crippen molar-refractivity contribution < 1.29 is 0 Å². The predicted octanol–water partition coefficient (Wildman–Crippen LogP) is 0.633. The Labute approximate surface area is 85.6 Å². The highest BCUT2D eigenvalue weighted by atomic mass is 15.8. The summed E-state index contributed by atoms with van der Waals surface area (Å²) < 4.78 is 0. The summed E-state index contributed by atoms with van der Waals surface area (Å²) in [4.78, 5) is 0. The Bertz CT molecular complexity index is 166. The van der Waals surface area contributed by atoms with E-state index in [0.717, 1.165) is 0 Å². The van der Waals surface area contributed by atoms with Crippen molar-refractivity contribution in [2.75, 3.05) is 13.1 Å². The number of nitrogens with one attached hydrogen (secondary N) is 2. The second-order valence-electron chi connectivity index (χ2n) is 4.67. The number of rotatable bonds is 0. The largest absolute Gasteiger partial charge is 0.235 e. The van der Waals surface area contributed by atoms with Gasteiger partial charge in [-0.05, 0) is 38.5 Å². The molecule has 3 fully saturated rings. The fourth-order valence-electron chi connectivity index (χ4n) is 2.82. The van der Waals surface area contributed by atoms with Crippen LogP contribution in [0.1, 0.15) is 38.5 Å². The van der Waals surface area contributed by atoms with Crippen molar-refractivity contribution >= 4 is 0 Å². The second-order valence-corrected chi connectivity index (χ2v) is 4.67. The maximum atomic E-state index is 3.65. The van der Waals surface area contributed by atoms with Crippen LogP contribution in [-0.2, 0) is 0 Å². The molecule has 3 saturated heterocycles. The highest BCUT2D eigenvalue weighted by Gasteiger charge is 2.35. The van der Waals surface area contributed by atoms with Crippen LogP contribution >= 0.6 is 0 Å². The van der Waals surface area contributed by atoms with E-state index in [1.165, 1.54) is 51.6 Å². The molecule has 3 rings (SSSR count). The van der Waals surface area contributed by atoms with Crippen LogP contribution in [0.3, 0.4) is 0 Å². The van der Waals surface area contributed by atoms with Gasteiger partial charge in [0.05, 0.1) is 12.3 Å². The zero-order valence-corrected chi connectivity index (χ0v) is 8.71. The number of piperidine rings is 2. The normalized spacial score (nSPS) is 40.3. The van der Waals surface area contributed by atoms with Crippen LogP contribution in [0, 0.1) is 0 Å². The van der Waals surface area contributed by atoms with E-state index in [-0.39, 0.29) is 0 Å².